The number of phosphoric ester groups is 1. The number of carbonyl (C=O) groups excluding carboxylic acids is 2. The largest absolute Gasteiger partial charge is 0.480 e. The third-order valence-corrected chi connectivity index (χ3v) is 8.93. The fraction of sp³-hybridized carbons (Fsp3) is 0.811. The van der Waals surface area contributed by atoms with E-state index in [2.05, 4.69) is 43.5 Å². The highest BCUT2D eigenvalue weighted by Gasteiger charge is 2.28. The Bertz CT molecular complexity index is 942. The highest BCUT2D eigenvalue weighted by atomic mass is 31.2. The van der Waals surface area contributed by atoms with Crippen LogP contribution < -0.4 is 5.32 Å². The first-order valence-corrected chi connectivity index (χ1v) is 20.4. The molecule has 286 valence electrons. The van der Waals surface area contributed by atoms with Crippen LogP contribution in [0.4, 0.5) is 0 Å². The summed E-state index contributed by atoms with van der Waals surface area (Å²) in [6.45, 7) is 2.48. The Hall–Kier alpha value is -2.04. The van der Waals surface area contributed by atoms with E-state index < -0.39 is 57.6 Å². The minimum atomic E-state index is -4.75. The van der Waals surface area contributed by atoms with Crippen molar-refractivity contribution in [2.45, 2.75) is 174 Å². The number of hydrogen-bond acceptors (Lipinski definition) is 8. The number of carboxylic acids is 1. The summed E-state index contributed by atoms with van der Waals surface area (Å²) in [5.41, 5.74) is 0. The van der Waals surface area contributed by atoms with Gasteiger partial charge in [-0.2, -0.15) is 0 Å². The maximum atomic E-state index is 12.2. The second-order valence-corrected chi connectivity index (χ2v) is 14.2. The van der Waals surface area contributed by atoms with Gasteiger partial charge in [0.05, 0.1) is 13.2 Å². The molecule has 11 nitrogen and oxygen atoms in total. The predicted octanol–water partition coefficient (Wildman–Crippen LogP) is 8.72. The van der Waals surface area contributed by atoms with E-state index in [-0.39, 0.29) is 12.8 Å². The number of carboxylic acid groups (broad SMARTS) is 1. The van der Waals surface area contributed by atoms with Gasteiger partial charge in [-0.25, -0.2) is 9.36 Å². The monoisotopic (exact) mass is 717 g/mol. The number of ether oxygens (including phenoxy) is 1. The quantitative estimate of drug-likeness (QED) is 0.0215. The summed E-state index contributed by atoms with van der Waals surface area (Å²) < 4.78 is 26.7. The molecule has 3 atom stereocenters. The number of rotatable bonds is 35. The van der Waals surface area contributed by atoms with Crippen molar-refractivity contribution in [3.8, 4) is 0 Å². The maximum absolute atomic E-state index is 12.2. The molecule has 0 aliphatic heterocycles. The number of aliphatic carboxylic acids is 1. The molecule has 0 spiro atoms. The lowest BCUT2D eigenvalue weighted by atomic mass is 10.0. The van der Waals surface area contributed by atoms with Crippen LogP contribution in [0.25, 0.3) is 0 Å². The number of amides is 1. The summed E-state index contributed by atoms with van der Waals surface area (Å²) in [4.78, 5) is 45.6. The number of phosphoric acid groups is 1. The second kappa shape index (κ2) is 33.1. The fourth-order valence-electron chi connectivity index (χ4n) is 5.00. The maximum Gasteiger partial charge on any atom is 0.472 e. The number of carbonyl (C=O) groups is 3. The first-order chi connectivity index (χ1) is 23.6. The van der Waals surface area contributed by atoms with E-state index in [0.717, 1.165) is 64.2 Å². The van der Waals surface area contributed by atoms with Gasteiger partial charge < -0.3 is 25.2 Å². The van der Waals surface area contributed by atoms with E-state index in [1.165, 1.54) is 57.8 Å². The molecule has 4 N–H and O–H groups in total. The van der Waals surface area contributed by atoms with Gasteiger partial charge in [0.2, 0.25) is 5.91 Å². The van der Waals surface area contributed by atoms with Gasteiger partial charge in [0.25, 0.3) is 0 Å². The molecule has 0 fully saturated rings. The van der Waals surface area contributed by atoms with Gasteiger partial charge in [0.15, 0.2) is 6.04 Å². The first kappa shape index (κ1) is 47.0. The van der Waals surface area contributed by atoms with E-state index in [1.54, 1.807) is 0 Å². The van der Waals surface area contributed by atoms with Crippen molar-refractivity contribution in [1.82, 2.24) is 5.32 Å². The Balaban J connectivity index is 3.98. The van der Waals surface area contributed by atoms with Crippen molar-refractivity contribution in [3.05, 3.63) is 24.3 Å². The Morgan fingerprint density at radius 2 is 1.16 bits per heavy atom. The number of aliphatic hydroxyl groups excluding tert-OH is 1. The zero-order valence-electron chi connectivity index (χ0n) is 30.5. The Morgan fingerprint density at radius 3 is 1.73 bits per heavy atom. The van der Waals surface area contributed by atoms with E-state index in [4.69, 9.17) is 13.8 Å². The van der Waals surface area contributed by atoms with E-state index in [9.17, 15) is 34.1 Å². The molecule has 0 bridgehead atoms. The molecule has 1 amide bonds. The molecular formula is C37H68NO10P. The molecule has 0 radical (unpaired) electrons. The topological polar surface area (TPSA) is 169 Å². The highest BCUT2D eigenvalue weighted by molar-refractivity contribution is 7.47. The van der Waals surface area contributed by atoms with Gasteiger partial charge in [-0.05, 0) is 38.5 Å². The van der Waals surface area contributed by atoms with Crippen molar-refractivity contribution in [2.75, 3.05) is 19.8 Å². The lowest BCUT2D eigenvalue weighted by Crippen LogP contribution is -2.43. The summed E-state index contributed by atoms with van der Waals surface area (Å²) in [6.07, 6.45) is 30.7. The average Bonchev–Trinajstić information content (AvgIpc) is 3.07. The van der Waals surface area contributed by atoms with Crippen LogP contribution in [-0.4, -0.2) is 64.9 Å². The summed E-state index contributed by atoms with van der Waals surface area (Å²) in [5.74, 6) is -2.39. The lowest BCUT2D eigenvalue weighted by Gasteiger charge is -2.18. The van der Waals surface area contributed by atoms with Crippen LogP contribution in [0.1, 0.15) is 162 Å². The summed E-state index contributed by atoms with van der Waals surface area (Å²) in [6, 6.07) is -1.54. The van der Waals surface area contributed by atoms with Gasteiger partial charge in [-0.15, -0.1) is 0 Å². The summed E-state index contributed by atoms with van der Waals surface area (Å²) >= 11 is 0. The van der Waals surface area contributed by atoms with Gasteiger partial charge in [-0.3, -0.25) is 18.6 Å². The number of nitrogens with one attached hydrogen (secondary N) is 1. The number of allylic oxidation sites excluding steroid dienone is 4. The molecule has 0 aromatic heterocycles. The molecule has 49 heavy (non-hydrogen) atoms. The number of aliphatic hydroxyl groups is 1. The minimum Gasteiger partial charge on any atom is -0.480 e. The van der Waals surface area contributed by atoms with Gasteiger partial charge in [-0.1, -0.05) is 134 Å². The zero-order chi connectivity index (χ0) is 36.4. The second-order valence-electron chi connectivity index (χ2n) is 12.8. The third kappa shape index (κ3) is 32.9. The minimum absolute atomic E-state index is 0.148. The molecule has 0 aliphatic carbocycles. The Labute approximate surface area is 296 Å². The van der Waals surface area contributed by atoms with Crippen LogP contribution in [0, 0.1) is 0 Å². The van der Waals surface area contributed by atoms with Crippen molar-refractivity contribution >= 4 is 25.7 Å². The van der Waals surface area contributed by atoms with Crippen LogP contribution in [-0.2, 0) is 32.7 Å². The molecule has 0 saturated carbocycles. The lowest BCUT2D eigenvalue weighted by molar-refractivity contribution is -0.147. The number of esters is 1. The molecule has 12 heteroatoms. The Morgan fingerprint density at radius 1 is 0.653 bits per heavy atom. The zero-order valence-corrected chi connectivity index (χ0v) is 31.4. The van der Waals surface area contributed by atoms with Crippen LogP contribution in [0.5, 0.6) is 0 Å². The molecule has 0 aliphatic rings. The van der Waals surface area contributed by atoms with Crippen molar-refractivity contribution < 1.29 is 47.8 Å². The molecule has 0 aromatic rings. The fourth-order valence-corrected chi connectivity index (χ4v) is 5.77. The predicted molar refractivity (Wildman–Crippen MR) is 194 cm³/mol. The Kier molecular flexibility index (Phi) is 31.7. The van der Waals surface area contributed by atoms with Crippen LogP contribution in [0.2, 0.25) is 0 Å². The number of hydrogen-bond donors (Lipinski definition) is 4. The van der Waals surface area contributed by atoms with E-state index in [0.29, 0.717) is 12.8 Å². The average molecular weight is 718 g/mol. The van der Waals surface area contributed by atoms with E-state index >= 15 is 0 Å². The van der Waals surface area contributed by atoms with Crippen molar-refractivity contribution in [3.63, 3.8) is 0 Å². The molecule has 0 aromatic carbocycles. The standard InChI is InChI=1S/C37H68NO10P/c1-3-5-7-9-11-13-15-17-19-21-23-25-27-29-36(41)46-30-33(39)31-47-49(44,45)48-32-34(37(42)43)38-35(40)28-26-24-22-20-18-16-14-12-10-8-6-4-2/h7,9,13,15,33-34,39H,3-6,8,10-12,14,16-32H2,1-2H3,(H,38,40)(H,42,43)(H,44,45)/b9-7-,15-13-. The SMILES string of the molecule is CCC/C=C\C/C=C\CCCCCCCC(=O)OCC(O)COP(=O)(O)OCC(NC(=O)CCCCCCCCCCCCCC)C(=O)O. The highest BCUT2D eigenvalue weighted by Crippen LogP contribution is 2.43. The van der Waals surface area contributed by atoms with Crippen LogP contribution in [0.3, 0.4) is 0 Å². The normalized spacial score (nSPS) is 14.2. The summed E-state index contributed by atoms with van der Waals surface area (Å²) in [5, 5.41) is 21.7. The molecule has 0 saturated heterocycles. The molecule has 0 heterocycles. The molecular weight excluding hydrogens is 649 g/mol. The first-order valence-electron chi connectivity index (χ1n) is 18.9. The van der Waals surface area contributed by atoms with Gasteiger partial charge in [0, 0.05) is 12.8 Å². The van der Waals surface area contributed by atoms with Crippen molar-refractivity contribution in [2.24, 2.45) is 0 Å². The van der Waals surface area contributed by atoms with Gasteiger partial charge >= 0.3 is 19.8 Å². The third-order valence-electron chi connectivity index (χ3n) is 7.97. The van der Waals surface area contributed by atoms with E-state index in [1.807, 2.05) is 0 Å². The van der Waals surface area contributed by atoms with Gasteiger partial charge in [0.1, 0.15) is 12.7 Å². The number of unbranched alkanes of at least 4 members (excludes halogenated alkanes) is 17. The van der Waals surface area contributed by atoms with Crippen molar-refractivity contribution in [1.29, 1.82) is 0 Å². The molecule has 3 unspecified atom stereocenters. The van der Waals surface area contributed by atoms with Crippen LogP contribution in [0.15, 0.2) is 24.3 Å². The van der Waals surface area contributed by atoms with Crippen LogP contribution >= 0.6 is 7.82 Å². The molecule has 0 rings (SSSR count). The smallest absolute Gasteiger partial charge is 0.472 e. The summed E-state index contributed by atoms with van der Waals surface area (Å²) in [7, 11) is -4.75.